The fourth-order valence-corrected chi connectivity index (χ4v) is 7.41. The number of piperazine rings is 1. The number of hydrogen-bond donors (Lipinski definition) is 0. The maximum absolute atomic E-state index is 13.9. The molecule has 4 aromatic rings. The molecule has 0 spiro atoms. The SMILES string of the molecule is Cn1cc(-c2cc3c(N4CC5CCC(C4)N5C(=O)OC(C)(C)C)ncnc3n2S(=O)(=O)Cc2ccccc2)cn1. The summed E-state index contributed by atoms with van der Waals surface area (Å²) in [5.74, 6) is 0.479. The van der Waals surface area contributed by atoms with Crippen molar-refractivity contribution >= 4 is 33.0 Å². The molecule has 5 heterocycles. The van der Waals surface area contributed by atoms with Gasteiger partial charge in [0.2, 0.25) is 10.0 Å². The third-order valence-electron chi connectivity index (χ3n) is 7.39. The van der Waals surface area contributed by atoms with E-state index in [0.717, 1.165) is 12.8 Å². The number of rotatable bonds is 5. The summed E-state index contributed by atoms with van der Waals surface area (Å²) in [6.45, 7) is 6.77. The second-order valence-electron chi connectivity index (χ2n) is 11.6. The number of hydrogen-bond acceptors (Lipinski definition) is 8. The number of carbonyl (C=O) groups is 1. The monoisotopic (exact) mass is 563 g/mol. The van der Waals surface area contributed by atoms with E-state index in [1.165, 1.54) is 10.3 Å². The maximum Gasteiger partial charge on any atom is 0.410 e. The van der Waals surface area contributed by atoms with Crippen molar-refractivity contribution in [2.75, 3.05) is 18.0 Å². The van der Waals surface area contributed by atoms with Crippen LogP contribution >= 0.6 is 0 Å². The lowest BCUT2D eigenvalue weighted by molar-refractivity contribution is 0.0123. The number of nitrogens with zero attached hydrogens (tertiary/aromatic N) is 7. The van der Waals surface area contributed by atoms with E-state index in [0.29, 0.717) is 46.8 Å². The second kappa shape index (κ2) is 9.61. The van der Waals surface area contributed by atoms with Crippen molar-refractivity contribution < 1.29 is 17.9 Å². The molecule has 0 N–H and O–H groups in total. The average molecular weight is 564 g/mol. The predicted octanol–water partition coefficient (Wildman–Crippen LogP) is 3.80. The molecule has 0 radical (unpaired) electrons. The Morgan fingerprint density at radius 3 is 2.40 bits per heavy atom. The lowest BCUT2D eigenvalue weighted by Crippen LogP contribution is -2.57. The molecule has 0 saturated carbocycles. The summed E-state index contributed by atoms with van der Waals surface area (Å²) in [4.78, 5) is 26.1. The van der Waals surface area contributed by atoms with E-state index < -0.39 is 15.6 Å². The zero-order valence-electron chi connectivity index (χ0n) is 23.1. The molecule has 210 valence electrons. The van der Waals surface area contributed by atoms with Gasteiger partial charge in [-0.25, -0.2) is 27.2 Å². The fraction of sp³-hybridized carbons (Fsp3) is 0.429. The van der Waals surface area contributed by atoms with Crippen LogP contribution in [-0.4, -0.2) is 73.9 Å². The van der Waals surface area contributed by atoms with Crippen molar-refractivity contribution in [2.24, 2.45) is 7.05 Å². The molecule has 0 aliphatic carbocycles. The first-order valence-electron chi connectivity index (χ1n) is 13.4. The highest BCUT2D eigenvalue weighted by atomic mass is 32.2. The lowest BCUT2D eigenvalue weighted by Gasteiger charge is -2.41. The van der Waals surface area contributed by atoms with Crippen molar-refractivity contribution in [3.05, 3.63) is 60.7 Å². The van der Waals surface area contributed by atoms with E-state index >= 15 is 0 Å². The van der Waals surface area contributed by atoms with E-state index in [1.54, 1.807) is 36.3 Å². The number of ether oxygens (including phenoxy) is 1. The van der Waals surface area contributed by atoms with Gasteiger partial charge in [0.25, 0.3) is 0 Å². The van der Waals surface area contributed by atoms with Crippen LogP contribution in [0.5, 0.6) is 0 Å². The second-order valence-corrected chi connectivity index (χ2v) is 13.4. The Labute approximate surface area is 233 Å². The van der Waals surface area contributed by atoms with Gasteiger partial charge in [-0.15, -0.1) is 0 Å². The zero-order valence-corrected chi connectivity index (χ0v) is 23.9. The Kier molecular flexibility index (Phi) is 6.32. The Morgan fingerprint density at radius 1 is 1.07 bits per heavy atom. The van der Waals surface area contributed by atoms with Crippen molar-refractivity contribution in [3.8, 4) is 11.3 Å². The first-order chi connectivity index (χ1) is 19.0. The van der Waals surface area contributed by atoms with Crippen LogP contribution in [0.4, 0.5) is 10.6 Å². The van der Waals surface area contributed by atoms with E-state index in [9.17, 15) is 13.2 Å². The molecule has 11 nitrogen and oxygen atoms in total. The highest BCUT2D eigenvalue weighted by Crippen LogP contribution is 2.38. The standard InChI is InChI=1S/C28H33N7O4S/c1-28(2,3)39-27(36)34-21-10-11-22(34)16-33(15-21)25-23-12-24(20-13-31-32(4)14-20)35(26(23)30-18-29-25)40(37,38)17-19-8-6-5-7-9-19/h5-9,12-14,18,21-22H,10-11,15-17H2,1-4H3. The normalized spacial score (nSPS) is 19.4. The minimum Gasteiger partial charge on any atom is -0.444 e. The van der Waals surface area contributed by atoms with Crippen LogP contribution in [0.2, 0.25) is 0 Å². The smallest absolute Gasteiger partial charge is 0.410 e. The van der Waals surface area contributed by atoms with Gasteiger partial charge >= 0.3 is 6.09 Å². The molecule has 2 saturated heterocycles. The Balaban J connectivity index is 1.41. The number of benzene rings is 1. The molecule has 2 atom stereocenters. The maximum atomic E-state index is 13.9. The van der Waals surface area contributed by atoms with E-state index in [-0.39, 0.29) is 23.9 Å². The van der Waals surface area contributed by atoms with Gasteiger partial charge in [-0.05, 0) is 45.2 Å². The molecular formula is C28H33N7O4S. The van der Waals surface area contributed by atoms with Crippen LogP contribution in [0, 0.1) is 0 Å². The third kappa shape index (κ3) is 4.80. The molecular weight excluding hydrogens is 530 g/mol. The molecule has 12 heteroatoms. The van der Waals surface area contributed by atoms with Crippen LogP contribution in [0.25, 0.3) is 22.3 Å². The van der Waals surface area contributed by atoms with Gasteiger partial charge in [0, 0.05) is 31.9 Å². The van der Waals surface area contributed by atoms with Crippen LogP contribution < -0.4 is 4.90 Å². The zero-order chi connectivity index (χ0) is 28.2. The summed E-state index contributed by atoms with van der Waals surface area (Å²) >= 11 is 0. The summed E-state index contributed by atoms with van der Waals surface area (Å²) in [6, 6.07) is 10.9. The summed E-state index contributed by atoms with van der Waals surface area (Å²) in [5, 5.41) is 4.92. The van der Waals surface area contributed by atoms with Crippen molar-refractivity contribution in [1.82, 2.24) is 28.6 Å². The molecule has 2 bridgehead atoms. The summed E-state index contributed by atoms with van der Waals surface area (Å²) in [7, 11) is -2.07. The third-order valence-corrected chi connectivity index (χ3v) is 9.01. The van der Waals surface area contributed by atoms with Crippen molar-refractivity contribution in [3.63, 3.8) is 0 Å². The number of aromatic nitrogens is 5. The van der Waals surface area contributed by atoms with Gasteiger partial charge in [0.15, 0.2) is 5.65 Å². The van der Waals surface area contributed by atoms with Crippen LogP contribution in [-0.2, 0) is 27.6 Å². The average Bonchev–Trinajstić information content (AvgIpc) is 3.56. The Bertz CT molecular complexity index is 1660. The van der Waals surface area contributed by atoms with Gasteiger partial charge in [-0.1, -0.05) is 30.3 Å². The molecule has 40 heavy (non-hydrogen) atoms. The number of aryl methyl sites for hydroxylation is 1. The fourth-order valence-electron chi connectivity index (χ4n) is 5.80. The topological polar surface area (TPSA) is 115 Å². The van der Waals surface area contributed by atoms with Gasteiger partial charge < -0.3 is 9.64 Å². The number of anilines is 1. The molecule has 2 aliphatic heterocycles. The number of amides is 1. The molecule has 6 rings (SSSR count). The lowest BCUT2D eigenvalue weighted by atomic mass is 10.1. The van der Waals surface area contributed by atoms with Gasteiger partial charge in [-0.2, -0.15) is 5.10 Å². The van der Waals surface area contributed by atoms with Crippen LogP contribution in [0.1, 0.15) is 39.2 Å². The van der Waals surface area contributed by atoms with Gasteiger partial charge in [0.05, 0.1) is 35.1 Å². The largest absolute Gasteiger partial charge is 0.444 e. The van der Waals surface area contributed by atoms with Crippen molar-refractivity contribution in [2.45, 2.75) is 57.1 Å². The Hall–Kier alpha value is -3.93. The summed E-state index contributed by atoms with van der Waals surface area (Å²) < 4.78 is 36.5. The van der Waals surface area contributed by atoms with Gasteiger partial charge in [-0.3, -0.25) is 9.58 Å². The quantitative estimate of drug-likeness (QED) is 0.360. The molecule has 3 aromatic heterocycles. The van der Waals surface area contributed by atoms with E-state index in [1.807, 2.05) is 49.9 Å². The first kappa shape index (κ1) is 26.3. The number of fused-ring (bicyclic) bond motifs is 3. The van der Waals surface area contributed by atoms with Crippen LogP contribution in [0.15, 0.2) is 55.1 Å². The molecule has 1 aromatic carbocycles. The van der Waals surface area contributed by atoms with Gasteiger partial charge in [0.1, 0.15) is 17.7 Å². The Morgan fingerprint density at radius 2 is 1.77 bits per heavy atom. The highest BCUT2D eigenvalue weighted by molar-refractivity contribution is 7.89. The molecule has 2 fully saturated rings. The van der Waals surface area contributed by atoms with Crippen molar-refractivity contribution in [1.29, 1.82) is 0 Å². The van der Waals surface area contributed by atoms with E-state index in [4.69, 9.17) is 4.74 Å². The predicted molar refractivity (Wildman–Crippen MR) is 151 cm³/mol. The summed E-state index contributed by atoms with van der Waals surface area (Å²) in [5.41, 5.74) is 1.59. The minimum atomic E-state index is -3.86. The van der Waals surface area contributed by atoms with E-state index in [2.05, 4.69) is 20.0 Å². The first-order valence-corrected chi connectivity index (χ1v) is 15.0. The molecule has 2 aliphatic rings. The molecule has 1 amide bonds. The number of carbonyl (C=O) groups excluding carboxylic acids is 1. The minimum absolute atomic E-state index is 0.0136. The highest BCUT2D eigenvalue weighted by Gasteiger charge is 2.45. The van der Waals surface area contributed by atoms with Crippen LogP contribution in [0.3, 0.4) is 0 Å². The molecule has 2 unspecified atom stereocenters. The summed E-state index contributed by atoms with van der Waals surface area (Å²) in [6.07, 6.45) is 6.32.